The molecular weight excluding hydrogens is 338 g/mol. The van der Waals surface area contributed by atoms with E-state index in [1.165, 1.54) is 5.56 Å². The maximum Gasteiger partial charge on any atom is 0.237 e. The molecule has 0 aliphatic carbocycles. The summed E-state index contributed by atoms with van der Waals surface area (Å²) in [4.78, 5) is 23.8. The Labute approximate surface area is 161 Å². The van der Waals surface area contributed by atoms with E-state index < -0.39 is 6.04 Å². The topological polar surface area (TPSA) is 84.2 Å². The molecule has 2 aromatic carbocycles. The molecule has 4 N–H and O–H groups in total. The van der Waals surface area contributed by atoms with Crippen molar-refractivity contribution in [1.82, 2.24) is 10.6 Å². The highest BCUT2D eigenvalue weighted by atomic mass is 16.2. The van der Waals surface area contributed by atoms with E-state index in [1.807, 2.05) is 60.7 Å². The van der Waals surface area contributed by atoms with Gasteiger partial charge in [0.05, 0.1) is 6.04 Å². The van der Waals surface area contributed by atoms with Gasteiger partial charge in [0.2, 0.25) is 11.8 Å². The fraction of sp³-hybridized carbons (Fsp3) is 0.364. The molecule has 144 valence electrons. The predicted octanol–water partition coefficient (Wildman–Crippen LogP) is 2.20. The van der Waals surface area contributed by atoms with E-state index in [0.717, 1.165) is 24.8 Å². The van der Waals surface area contributed by atoms with E-state index in [9.17, 15) is 9.59 Å². The van der Waals surface area contributed by atoms with Gasteiger partial charge in [0.25, 0.3) is 0 Å². The van der Waals surface area contributed by atoms with Crippen LogP contribution in [0.25, 0.3) is 0 Å². The highest BCUT2D eigenvalue weighted by Gasteiger charge is 2.13. The van der Waals surface area contributed by atoms with Gasteiger partial charge in [-0.1, -0.05) is 60.7 Å². The Hall–Kier alpha value is -2.66. The average Bonchev–Trinajstić information content (AvgIpc) is 2.70. The van der Waals surface area contributed by atoms with Gasteiger partial charge in [0.15, 0.2) is 0 Å². The average molecular weight is 367 g/mol. The molecule has 0 spiro atoms. The lowest BCUT2D eigenvalue weighted by Gasteiger charge is -2.12. The van der Waals surface area contributed by atoms with Crippen molar-refractivity contribution in [2.75, 3.05) is 13.1 Å². The normalized spacial score (nSPS) is 11.6. The van der Waals surface area contributed by atoms with E-state index in [1.54, 1.807) is 0 Å². The minimum atomic E-state index is -0.537. The summed E-state index contributed by atoms with van der Waals surface area (Å²) in [5.74, 6) is -0.0708. The quantitative estimate of drug-likeness (QED) is 0.532. The number of hydrogen-bond acceptors (Lipinski definition) is 3. The Morgan fingerprint density at radius 1 is 0.815 bits per heavy atom. The molecule has 2 amide bonds. The third-order valence-corrected chi connectivity index (χ3v) is 4.34. The molecule has 0 aromatic heterocycles. The summed E-state index contributed by atoms with van der Waals surface area (Å²) in [5, 5.41) is 5.78. The second kappa shape index (κ2) is 11.9. The first-order valence-corrected chi connectivity index (χ1v) is 9.53. The van der Waals surface area contributed by atoms with Gasteiger partial charge in [-0.25, -0.2) is 0 Å². The smallest absolute Gasteiger partial charge is 0.237 e. The molecule has 0 fully saturated rings. The van der Waals surface area contributed by atoms with Crippen molar-refractivity contribution in [3.05, 3.63) is 71.8 Å². The molecule has 0 aliphatic rings. The zero-order valence-electron chi connectivity index (χ0n) is 15.7. The van der Waals surface area contributed by atoms with Crippen molar-refractivity contribution < 1.29 is 9.59 Å². The van der Waals surface area contributed by atoms with Crippen molar-refractivity contribution in [1.29, 1.82) is 0 Å². The summed E-state index contributed by atoms with van der Waals surface area (Å²) in [7, 11) is 0. The number of nitrogens with one attached hydrogen (secondary N) is 2. The summed E-state index contributed by atoms with van der Waals surface area (Å²) < 4.78 is 0. The maximum absolute atomic E-state index is 12.0. The van der Waals surface area contributed by atoms with Crippen LogP contribution in [0.2, 0.25) is 0 Å². The Morgan fingerprint density at radius 2 is 1.37 bits per heavy atom. The number of carbonyl (C=O) groups is 2. The molecule has 0 saturated carbocycles. The molecule has 0 heterocycles. The second-order valence-electron chi connectivity index (χ2n) is 6.63. The first-order valence-electron chi connectivity index (χ1n) is 9.53. The zero-order valence-corrected chi connectivity index (χ0v) is 15.7. The molecule has 0 radical (unpaired) electrons. The second-order valence-corrected chi connectivity index (χ2v) is 6.63. The molecule has 0 aliphatic heterocycles. The SMILES string of the molecule is N[C@H](Cc1ccccc1)C(=O)NCCCCNC(=O)CCc1ccccc1. The summed E-state index contributed by atoms with van der Waals surface area (Å²) >= 11 is 0. The highest BCUT2D eigenvalue weighted by Crippen LogP contribution is 2.03. The Morgan fingerprint density at radius 3 is 2.00 bits per heavy atom. The molecule has 2 rings (SSSR count). The molecule has 27 heavy (non-hydrogen) atoms. The van der Waals surface area contributed by atoms with Gasteiger partial charge in [0.1, 0.15) is 0 Å². The summed E-state index contributed by atoms with van der Waals surface area (Å²) in [6.07, 6.45) is 3.41. The number of rotatable bonds is 11. The van der Waals surface area contributed by atoms with Crippen LogP contribution in [0, 0.1) is 0 Å². The molecule has 5 heteroatoms. The third kappa shape index (κ3) is 8.51. The van der Waals surface area contributed by atoms with Crippen LogP contribution in [0.4, 0.5) is 0 Å². The summed E-state index contributed by atoms with van der Waals surface area (Å²) in [6, 6.07) is 19.2. The van der Waals surface area contributed by atoms with Gasteiger partial charge in [-0.05, 0) is 36.8 Å². The predicted molar refractivity (Wildman–Crippen MR) is 108 cm³/mol. The summed E-state index contributed by atoms with van der Waals surface area (Å²) in [6.45, 7) is 1.20. The minimum Gasteiger partial charge on any atom is -0.356 e. The van der Waals surface area contributed by atoms with Gasteiger partial charge in [-0.3, -0.25) is 9.59 Å². The molecular formula is C22H29N3O2. The number of unbranched alkanes of at least 4 members (excludes halogenated alkanes) is 1. The molecule has 0 bridgehead atoms. The van der Waals surface area contributed by atoms with E-state index in [2.05, 4.69) is 10.6 Å². The standard InChI is InChI=1S/C22H29N3O2/c23-20(17-19-11-5-2-6-12-19)22(27)25-16-8-7-15-24-21(26)14-13-18-9-3-1-4-10-18/h1-6,9-12,20H,7-8,13-17,23H2,(H,24,26)(H,25,27)/t20-/m1/s1. The lowest BCUT2D eigenvalue weighted by atomic mass is 10.1. The third-order valence-electron chi connectivity index (χ3n) is 4.34. The van der Waals surface area contributed by atoms with Gasteiger partial charge < -0.3 is 16.4 Å². The van der Waals surface area contributed by atoms with E-state index in [0.29, 0.717) is 25.9 Å². The monoisotopic (exact) mass is 367 g/mol. The van der Waals surface area contributed by atoms with Crippen LogP contribution in [-0.2, 0) is 22.4 Å². The minimum absolute atomic E-state index is 0.0628. The molecule has 1 atom stereocenters. The van der Waals surface area contributed by atoms with Crippen molar-refractivity contribution in [3.63, 3.8) is 0 Å². The van der Waals surface area contributed by atoms with Crippen molar-refractivity contribution in [2.24, 2.45) is 5.73 Å². The summed E-state index contributed by atoms with van der Waals surface area (Å²) in [5.41, 5.74) is 8.16. The molecule has 0 unspecified atom stereocenters. The van der Waals surface area contributed by atoms with Gasteiger partial charge in [0, 0.05) is 19.5 Å². The number of carbonyl (C=O) groups excluding carboxylic acids is 2. The van der Waals surface area contributed by atoms with Crippen LogP contribution >= 0.6 is 0 Å². The fourth-order valence-corrected chi connectivity index (χ4v) is 2.77. The van der Waals surface area contributed by atoms with Crippen LogP contribution in [0.15, 0.2) is 60.7 Å². The zero-order chi connectivity index (χ0) is 19.3. The van der Waals surface area contributed by atoms with E-state index >= 15 is 0 Å². The van der Waals surface area contributed by atoms with Crippen molar-refractivity contribution >= 4 is 11.8 Å². The van der Waals surface area contributed by atoms with Crippen LogP contribution in [0.1, 0.15) is 30.4 Å². The van der Waals surface area contributed by atoms with Crippen LogP contribution in [0.3, 0.4) is 0 Å². The first kappa shape index (κ1) is 20.6. The number of hydrogen-bond donors (Lipinski definition) is 3. The fourth-order valence-electron chi connectivity index (χ4n) is 2.77. The van der Waals surface area contributed by atoms with Crippen molar-refractivity contribution in [3.8, 4) is 0 Å². The van der Waals surface area contributed by atoms with E-state index in [4.69, 9.17) is 5.73 Å². The molecule has 2 aromatic rings. The first-order chi connectivity index (χ1) is 13.1. The van der Waals surface area contributed by atoms with Gasteiger partial charge in [-0.2, -0.15) is 0 Å². The molecule has 0 saturated heterocycles. The Kier molecular flexibility index (Phi) is 9.07. The van der Waals surface area contributed by atoms with Crippen molar-refractivity contribution in [2.45, 2.75) is 38.1 Å². The van der Waals surface area contributed by atoms with Crippen LogP contribution in [-0.4, -0.2) is 30.9 Å². The number of nitrogens with two attached hydrogens (primary N) is 1. The molecule has 5 nitrogen and oxygen atoms in total. The lowest BCUT2D eigenvalue weighted by Crippen LogP contribution is -2.42. The van der Waals surface area contributed by atoms with E-state index in [-0.39, 0.29) is 11.8 Å². The van der Waals surface area contributed by atoms with Crippen LogP contribution < -0.4 is 16.4 Å². The number of amides is 2. The Balaban J connectivity index is 1.50. The largest absolute Gasteiger partial charge is 0.356 e. The van der Waals surface area contributed by atoms with Crippen LogP contribution in [0.5, 0.6) is 0 Å². The number of aryl methyl sites for hydroxylation is 1. The lowest BCUT2D eigenvalue weighted by molar-refractivity contribution is -0.122. The maximum atomic E-state index is 12.0. The highest BCUT2D eigenvalue weighted by molar-refractivity contribution is 5.81. The van der Waals surface area contributed by atoms with Gasteiger partial charge >= 0.3 is 0 Å². The Bertz CT molecular complexity index is 689. The number of benzene rings is 2. The van der Waals surface area contributed by atoms with Gasteiger partial charge in [-0.15, -0.1) is 0 Å².